The van der Waals surface area contributed by atoms with Gasteiger partial charge in [0.15, 0.2) is 0 Å². The van der Waals surface area contributed by atoms with Crippen molar-refractivity contribution in [3.05, 3.63) is 175 Å². The Morgan fingerprint density at radius 3 is 1.98 bits per heavy atom. The van der Waals surface area contributed by atoms with E-state index in [2.05, 4.69) is 0 Å². The zero-order valence-electron chi connectivity index (χ0n) is 41.7. The Kier molecular flexibility index (Phi) is 3.26. The Hall–Kier alpha value is -6.12. The lowest BCUT2D eigenvalue weighted by atomic mass is 9.98. The number of fused-ring (bicyclic) bond motifs is 6. The summed E-state index contributed by atoms with van der Waals surface area (Å²) in [7, 11) is 0. The maximum Gasteiger partial charge on any atom is 0.136 e. The number of nitrogens with zero attached hydrogens (tertiary/aromatic N) is 1. The fourth-order valence-corrected chi connectivity index (χ4v) is 5.52. The first-order chi connectivity index (χ1) is 30.3. The number of hydrogen-bond acceptors (Lipinski definition) is 2. The molecule has 0 saturated heterocycles. The molecule has 0 radical (unpaired) electrons. The standard InChI is InChI=1S/C44H29NO/c1-2-8-30(9-3-1)32-16-22-37(23-17-32)45(39-26-20-31-10-4-5-11-35(31)28-39)38-24-18-33(19-25-38)36-15-14-34-21-27-43-44(41(34)29-36)40-12-6-7-13-42(40)46-43/h1-29H/i1D,2D,3D,6D,7D,8D,9D,12D,13D,14D,15D,18D,19D,21D,24D,25D,27D,29D. The highest BCUT2D eigenvalue weighted by Gasteiger charge is 2.15. The average Bonchev–Trinajstić information content (AvgIpc) is 3.69. The van der Waals surface area contributed by atoms with E-state index < -0.39 is 120 Å². The summed E-state index contributed by atoms with van der Waals surface area (Å²) in [5.74, 6) is 0. The minimum atomic E-state index is -0.748. The van der Waals surface area contributed by atoms with Crippen LogP contribution >= 0.6 is 0 Å². The highest BCUT2D eigenvalue weighted by atomic mass is 16.3. The smallest absolute Gasteiger partial charge is 0.136 e. The third kappa shape index (κ3) is 4.51. The van der Waals surface area contributed by atoms with Crippen molar-refractivity contribution < 1.29 is 29.1 Å². The van der Waals surface area contributed by atoms with Gasteiger partial charge in [-0.05, 0) is 98.3 Å². The van der Waals surface area contributed by atoms with Crippen LogP contribution in [0.1, 0.15) is 24.7 Å². The fraction of sp³-hybridized carbons (Fsp3) is 0. The van der Waals surface area contributed by atoms with Gasteiger partial charge in [-0.1, -0.05) is 121 Å². The van der Waals surface area contributed by atoms with E-state index in [0.717, 1.165) is 10.8 Å². The number of benzene rings is 8. The van der Waals surface area contributed by atoms with Gasteiger partial charge >= 0.3 is 0 Å². The van der Waals surface area contributed by atoms with Crippen LogP contribution in [0.3, 0.4) is 0 Å². The molecule has 0 aliphatic carbocycles. The average molecular weight is 606 g/mol. The first kappa shape index (κ1) is 13.9. The number of hydrogen-bond donors (Lipinski definition) is 0. The van der Waals surface area contributed by atoms with Crippen molar-refractivity contribution in [2.24, 2.45) is 0 Å². The molecule has 8 aromatic carbocycles. The Bertz CT molecular complexity index is 3490. The molecular weight excluding hydrogens is 558 g/mol. The van der Waals surface area contributed by atoms with Crippen molar-refractivity contribution in [3.8, 4) is 22.3 Å². The molecule has 0 amide bonds. The topological polar surface area (TPSA) is 16.4 Å². The molecule has 0 unspecified atom stereocenters. The van der Waals surface area contributed by atoms with E-state index in [9.17, 15) is 6.85 Å². The zero-order valence-corrected chi connectivity index (χ0v) is 23.7. The summed E-state index contributed by atoms with van der Waals surface area (Å²) in [6.07, 6.45) is 0. The van der Waals surface area contributed by atoms with E-state index in [1.54, 1.807) is 30.3 Å². The summed E-state index contributed by atoms with van der Waals surface area (Å²) < 4.78 is 164. The second-order valence-electron chi connectivity index (χ2n) is 10.4. The van der Waals surface area contributed by atoms with E-state index >= 15 is 0 Å². The predicted octanol–water partition coefficient (Wildman–Crippen LogP) is 12.7. The number of rotatable bonds is 5. The maximum absolute atomic E-state index is 9.53. The van der Waals surface area contributed by atoms with Gasteiger partial charge in [-0.2, -0.15) is 0 Å². The summed E-state index contributed by atoms with van der Waals surface area (Å²) in [6.45, 7) is 0. The lowest BCUT2D eigenvalue weighted by Gasteiger charge is -2.26. The van der Waals surface area contributed by atoms with Gasteiger partial charge in [-0.3, -0.25) is 0 Å². The molecule has 2 nitrogen and oxygen atoms in total. The summed E-state index contributed by atoms with van der Waals surface area (Å²) in [6, 6.07) is 7.89. The van der Waals surface area contributed by atoms with E-state index in [4.69, 9.17) is 22.2 Å². The first-order valence-corrected chi connectivity index (χ1v) is 14.2. The van der Waals surface area contributed by atoms with Gasteiger partial charge in [0.05, 0.1) is 24.7 Å². The molecule has 0 atom stereocenters. The van der Waals surface area contributed by atoms with Gasteiger partial charge in [-0.25, -0.2) is 0 Å². The molecule has 9 aromatic rings. The second kappa shape index (κ2) is 10.8. The highest BCUT2D eigenvalue weighted by molar-refractivity contribution is 6.19. The van der Waals surface area contributed by atoms with Crippen LogP contribution in [0.4, 0.5) is 17.1 Å². The Balaban J connectivity index is 1.32. The molecule has 1 aromatic heterocycles. The monoisotopic (exact) mass is 605 g/mol. The van der Waals surface area contributed by atoms with Crippen LogP contribution in [0.15, 0.2) is 180 Å². The van der Waals surface area contributed by atoms with Gasteiger partial charge < -0.3 is 9.32 Å². The van der Waals surface area contributed by atoms with Gasteiger partial charge in [0, 0.05) is 27.8 Å². The second-order valence-corrected chi connectivity index (χ2v) is 10.4. The van der Waals surface area contributed by atoms with Crippen LogP contribution in [-0.4, -0.2) is 0 Å². The SMILES string of the molecule is [2H]c1c([2H])c([2H])c(-c2ccc(N(c3ccc4ccccc4c3)c3c([2H])c([2H])c(-c4c([2H])c([2H])c5c([2H])c([2H])c6oc7c([2H])c([2H])c([2H])c([2H])c7c6c5c4[2H])c([2H])c3[2H])cc2)c([2H])c1[2H]. The molecule has 0 N–H and O–H groups in total. The molecule has 2 heteroatoms. The first-order valence-electron chi connectivity index (χ1n) is 23.2. The van der Waals surface area contributed by atoms with Crippen LogP contribution < -0.4 is 4.90 Å². The molecular formula is C44H29NO. The quantitative estimate of drug-likeness (QED) is 0.194. The fourth-order valence-electron chi connectivity index (χ4n) is 5.52. The molecule has 216 valence electrons. The highest BCUT2D eigenvalue weighted by Crippen LogP contribution is 2.39. The van der Waals surface area contributed by atoms with Gasteiger partial charge in [0.2, 0.25) is 0 Å². The van der Waals surface area contributed by atoms with E-state index in [1.165, 1.54) is 17.0 Å². The molecule has 0 saturated carbocycles. The number of para-hydroxylation sites is 1. The van der Waals surface area contributed by atoms with Gasteiger partial charge in [0.1, 0.15) is 11.2 Å². The molecule has 9 rings (SSSR count). The molecule has 0 spiro atoms. The molecule has 46 heavy (non-hydrogen) atoms. The third-order valence-electron chi connectivity index (χ3n) is 7.69. The molecule has 0 aliphatic rings. The van der Waals surface area contributed by atoms with Crippen molar-refractivity contribution >= 4 is 60.5 Å². The van der Waals surface area contributed by atoms with Crippen LogP contribution in [-0.2, 0) is 0 Å². The van der Waals surface area contributed by atoms with E-state index in [-0.39, 0.29) is 55.2 Å². The minimum Gasteiger partial charge on any atom is -0.456 e. The Labute approximate surface area is 292 Å². The van der Waals surface area contributed by atoms with Crippen molar-refractivity contribution in [2.75, 3.05) is 4.90 Å². The van der Waals surface area contributed by atoms with Gasteiger partial charge in [0.25, 0.3) is 0 Å². The number of furan rings is 1. The van der Waals surface area contributed by atoms with Crippen molar-refractivity contribution in [1.82, 2.24) is 0 Å². The van der Waals surface area contributed by atoms with Crippen LogP contribution in [0.5, 0.6) is 0 Å². The maximum atomic E-state index is 9.53. The van der Waals surface area contributed by atoms with Crippen molar-refractivity contribution in [2.45, 2.75) is 0 Å². The molecule has 0 aliphatic heterocycles. The van der Waals surface area contributed by atoms with Gasteiger partial charge in [-0.15, -0.1) is 0 Å². The van der Waals surface area contributed by atoms with Crippen LogP contribution in [0.25, 0.3) is 65.7 Å². The Morgan fingerprint density at radius 1 is 0.435 bits per heavy atom. The van der Waals surface area contributed by atoms with Crippen LogP contribution in [0, 0.1) is 0 Å². The summed E-state index contributed by atoms with van der Waals surface area (Å²) in [4.78, 5) is 1.46. The molecule has 1 heterocycles. The van der Waals surface area contributed by atoms with Crippen molar-refractivity contribution in [1.29, 1.82) is 0 Å². The largest absolute Gasteiger partial charge is 0.456 e. The number of anilines is 3. The normalized spacial score (nSPS) is 17.0. The summed E-state index contributed by atoms with van der Waals surface area (Å²) in [5, 5.41) is 0.474. The minimum absolute atomic E-state index is 0.0532. The van der Waals surface area contributed by atoms with E-state index in [1.807, 2.05) is 24.3 Å². The summed E-state index contributed by atoms with van der Waals surface area (Å²) >= 11 is 0. The lowest BCUT2D eigenvalue weighted by Crippen LogP contribution is -2.09. The Morgan fingerprint density at radius 2 is 1.13 bits per heavy atom. The summed E-state index contributed by atoms with van der Waals surface area (Å²) in [5.41, 5.74) is -1.19. The molecule has 0 fully saturated rings. The zero-order chi connectivity index (χ0) is 46.1. The third-order valence-corrected chi connectivity index (χ3v) is 7.69. The van der Waals surface area contributed by atoms with Crippen molar-refractivity contribution in [3.63, 3.8) is 0 Å². The van der Waals surface area contributed by atoms with Crippen LogP contribution in [0.2, 0.25) is 0 Å². The molecule has 0 bridgehead atoms. The lowest BCUT2D eigenvalue weighted by molar-refractivity contribution is 0.669. The predicted molar refractivity (Wildman–Crippen MR) is 194 cm³/mol. The van der Waals surface area contributed by atoms with E-state index in [0.29, 0.717) is 5.69 Å².